The Morgan fingerprint density at radius 3 is 0.923 bits per heavy atom. The highest BCUT2D eigenvalue weighted by atomic mass is 32.2. The van der Waals surface area contributed by atoms with E-state index in [1.165, 1.54) is 50.0 Å². The summed E-state index contributed by atoms with van der Waals surface area (Å²) in [4.78, 5) is 3.71. The highest BCUT2D eigenvalue weighted by molar-refractivity contribution is 7.85. The van der Waals surface area contributed by atoms with Gasteiger partial charge in [0.1, 0.15) is 18.8 Å². The van der Waals surface area contributed by atoms with Crippen LogP contribution < -0.4 is 15.9 Å². The SMILES string of the molecule is C[SH+]c1ccc(P(=O)(c2ccc([SH+]C)cc2)c2ccc([SH+]C)cc2)cc1. The third kappa shape index (κ3) is 3.94. The second-order valence-corrected chi connectivity index (χ2v) is 11.5. The lowest BCUT2D eigenvalue weighted by molar-refractivity contribution is 0.592. The minimum Gasteiger partial charge on any atom is -0.309 e. The van der Waals surface area contributed by atoms with Gasteiger partial charge in [0, 0.05) is 51.2 Å². The van der Waals surface area contributed by atoms with Crippen molar-refractivity contribution in [1.82, 2.24) is 0 Å². The topological polar surface area (TPSA) is 17.1 Å². The molecule has 0 bridgehead atoms. The average Bonchev–Trinajstić information content (AvgIpc) is 2.73. The van der Waals surface area contributed by atoms with E-state index in [1.54, 1.807) is 0 Å². The van der Waals surface area contributed by atoms with Crippen LogP contribution in [0.1, 0.15) is 0 Å². The lowest BCUT2D eigenvalue weighted by Crippen LogP contribution is -2.25. The Labute approximate surface area is 168 Å². The number of hydrogen-bond acceptors (Lipinski definition) is 1. The second-order valence-electron chi connectivity index (χ2n) is 5.83. The molecule has 0 aliphatic heterocycles. The maximum atomic E-state index is 14.4. The van der Waals surface area contributed by atoms with Crippen molar-refractivity contribution in [1.29, 1.82) is 0 Å². The third-order valence-electron chi connectivity index (χ3n) is 4.41. The summed E-state index contributed by atoms with van der Waals surface area (Å²) in [6, 6.07) is 24.7. The van der Waals surface area contributed by atoms with Gasteiger partial charge in [-0.25, -0.2) is 0 Å². The molecule has 0 aliphatic carbocycles. The minimum atomic E-state index is -2.88. The molecule has 5 heteroatoms. The predicted octanol–water partition coefficient (Wildman–Crippen LogP) is 2.74. The van der Waals surface area contributed by atoms with E-state index in [-0.39, 0.29) is 0 Å². The van der Waals surface area contributed by atoms with Gasteiger partial charge in [0.05, 0.1) is 0 Å². The van der Waals surface area contributed by atoms with Crippen LogP contribution in [0.2, 0.25) is 0 Å². The van der Waals surface area contributed by atoms with Crippen molar-refractivity contribution in [2.75, 3.05) is 18.8 Å². The van der Waals surface area contributed by atoms with Crippen LogP contribution in [0.4, 0.5) is 0 Å². The smallest absolute Gasteiger partial charge is 0.171 e. The van der Waals surface area contributed by atoms with Gasteiger partial charge in [0.2, 0.25) is 0 Å². The first-order valence-corrected chi connectivity index (χ1v) is 14.1. The summed E-state index contributed by atoms with van der Waals surface area (Å²) in [6.45, 7) is 0. The molecule has 134 valence electrons. The molecule has 0 heterocycles. The number of thiol groups is 3. The first-order chi connectivity index (χ1) is 12.6. The molecule has 0 aromatic heterocycles. The van der Waals surface area contributed by atoms with E-state index in [1.807, 2.05) is 36.4 Å². The fourth-order valence-electron chi connectivity index (χ4n) is 2.88. The quantitative estimate of drug-likeness (QED) is 0.341. The van der Waals surface area contributed by atoms with Crippen molar-refractivity contribution in [3.8, 4) is 0 Å². The van der Waals surface area contributed by atoms with E-state index < -0.39 is 7.14 Å². The molecule has 3 rings (SSSR count). The van der Waals surface area contributed by atoms with Gasteiger partial charge in [-0.3, -0.25) is 0 Å². The lowest BCUT2D eigenvalue weighted by atomic mass is 10.3. The monoisotopic (exact) mass is 419 g/mol. The predicted molar refractivity (Wildman–Crippen MR) is 125 cm³/mol. The Morgan fingerprint density at radius 2 is 0.731 bits per heavy atom. The van der Waals surface area contributed by atoms with Gasteiger partial charge in [0.25, 0.3) is 0 Å². The van der Waals surface area contributed by atoms with E-state index in [2.05, 4.69) is 55.2 Å². The molecule has 0 unspecified atom stereocenters. The molecule has 0 aliphatic rings. The largest absolute Gasteiger partial charge is 0.309 e. The Morgan fingerprint density at radius 1 is 0.500 bits per heavy atom. The molecule has 0 fully saturated rings. The normalized spacial score (nSPS) is 11.5. The second kappa shape index (κ2) is 8.75. The number of rotatable bonds is 6. The molecule has 0 saturated carbocycles. The molecule has 0 saturated heterocycles. The van der Waals surface area contributed by atoms with Crippen molar-refractivity contribution in [3.63, 3.8) is 0 Å². The molecule has 1 nitrogen and oxygen atoms in total. The Hall–Kier alpha value is -1.06. The van der Waals surface area contributed by atoms with Crippen molar-refractivity contribution < 1.29 is 4.57 Å². The Kier molecular flexibility index (Phi) is 6.63. The van der Waals surface area contributed by atoms with E-state index in [0.717, 1.165) is 15.9 Å². The summed E-state index contributed by atoms with van der Waals surface area (Å²) >= 11 is 3.67. The van der Waals surface area contributed by atoms with Gasteiger partial charge in [-0.05, 0) is 72.8 Å². The highest BCUT2D eigenvalue weighted by Gasteiger charge is 2.30. The van der Waals surface area contributed by atoms with Crippen LogP contribution in [-0.4, -0.2) is 18.8 Å². The van der Waals surface area contributed by atoms with Gasteiger partial charge in [-0.1, -0.05) is 0 Å². The molecule has 0 spiro atoms. The summed E-state index contributed by atoms with van der Waals surface area (Å²) in [7, 11) is -2.88. The van der Waals surface area contributed by atoms with E-state index in [0.29, 0.717) is 0 Å². The maximum Gasteiger partial charge on any atom is 0.171 e. The van der Waals surface area contributed by atoms with E-state index in [4.69, 9.17) is 0 Å². The molecule has 0 amide bonds. The fraction of sp³-hybridized carbons (Fsp3) is 0.143. The van der Waals surface area contributed by atoms with Crippen LogP contribution >= 0.6 is 7.14 Å². The van der Waals surface area contributed by atoms with E-state index >= 15 is 0 Å². The summed E-state index contributed by atoms with van der Waals surface area (Å²) in [5.41, 5.74) is 0. The summed E-state index contributed by atoms with van der Waals surface area (Å²) in [5.74, 6) is 0. The standard InChI is InChI=1S/C21H21OPS3/c1-24-19-10-4-16(5-11-19)23(22,17-6-12-20(25-2)13-7-17)18-8-14-21(26-3)15-9-18/h4-15H,1-3H3/p+3. The molecule has 0 radical (unpaired) electrons. The van der Waals surface area contributed by atoms with Crippen molar-refractivity contribution in [3.05, 3.63) is 72.8 Å². The van der Waals surface area contributed by atoms with Crippen molar-refractivity contribution in [2.24, 2.45) is 0 Å². The Balaban J connectivity index is 2.16. The van der Waals surface area contributed by atoms with E-state index in [9.17, 15) is 4.57 Å². The minimum absolute atomic E-state index is 0.897. The first kappa shape index (κ1) is 19.7. The zero-order valence-electron chi connectivity index (χ0n) is 15.1. The van der Waals surface area contributed by atoms with Crippen LogP contribution in [0.5, 0.6) is 0 Å². The van der Waals surface area contributed by atoms with Crippen LogP contribution in [0.15, 0.2) is 87.5 Å². The molecular formula is C21H24OPS3+3. The van der Waals surface area contributed by atoms with Crippen LogP contribution in [0, 0.1) is 0 Å². The van der Waals surface area contributed by atoms with Crippen molar-refractivity contribution >= 4 is 58.3 Å². The molecule has 3 aromatic rings. The molecular weight excluding hydrogens is 395 g/mol. The van der Waals surface area contributed by atoms with Crippen LogP contribution in [0.25, 0.3) is 0 Å². The maximum absolute atomic E-state index is 14.4. The summed E-state index contributed by atoms with van der Waals surface area (Å²) in [5, 5.41) is 2.69. The highest BCUT2D eigenvalue weighted by Crippen LogP contribution is 2.42. The van der Waals surface area contributed by atoms with Crippen LogP contribution in [0.3, 0.4) is 0 Å². The van der Waals surface area contributed by atoms with Gasteiger partial charge in [-0.15, -0.1) is 0 Å². The zero-order valence-corrected chi connectivity index (χ0v) is 18.7. The average molecular weight is 420 g/mol. The third-order valence-corrected chi connectivity index (χ3v) is 9.93. The zero-order chi connectivity index (χ0) is 18.6. The molecule has 3 aromatic carbocycles. The number of hydrogen-bond donors (Lipinski definition) is 0. The Bertz CT molecular complexity index is 781. The van der Waals surface area contributed by atoms with Gasteiger partial charge in [0.15, 0.2) is 21.8 Å². The first-order valence-electron chi connectivity index (χ1n) is 8.33. The van der Waals surface area contributed by atoms with Crippen LogP contribution in [-0.2, 0) is 39.9 Å². The summed E-state index contributed by atoms with van der Waals surface area (Å²) in [6.07, 6.45) is 6.33. The number of benzene rings is 3. The molecule has 0 atom stereocenters. The summed E-state index contributed by atoms with van der Waals surface area (Å²) < 4.78 is 14.4. The van der Waals surface area contributed by atoms with Crippen molar-refractivity contribution in [2.45, 2.75) is 14.7 Å². The molecule has 0 N–H and O–H groups in total. The fourth-order valence-corrected chi connectivity index (χ4v) is 6.82. The lowest BCUT2D eigenvalue weighted by Gasteiger charge is -2.19. The van der Waals surface area contributed by atoms with Gasteiger partial charge >= 0.3 is 0 Å². The molecule has 26 heavy (non-hydrogen) atoms. The van der Waals surface area contributed by atoms with Gasteiger partial charge in [-0.2, -0.15) is 0 Å². The van der Waals surface area contributed by atoms with Gasteiger partial charge < -0.3 is 4.57 Å².